The Kier molecular flexibility index (Phi) is 5.73. The molecule has 0 amide bonds. The van der Waals surface area contributed by atoms with E-state index in [9.17, 15) is 18.9 Å². The molecule has 0 fully saturated rings. The summed E-state index contributed by atoms with van der Waals surface area (Å²) in [7, 11) is 0. The third-order valence-corrected chi connectivity index (χ3v) is 4.95. The number of nitro benzene ring substituents is 1. The third kappa shape index (κ3) is 4.36. The lowest BCUT2D eigenvalue weighted by molar-refractivity contribution is -0.384. The molecule has 0 saturated heterocycles. The smallest absolute Gasteiger partial charge is 0.387 e. The fraction of sp³-hybridized carbons (Fsp3) is 0.176. The van der Waals surface area contributed by atoms with Crippen LogP contribution in [0.1, 0.15) is 17.7 Å². The lowest BCUT2D eigenvalue weighted by atomic mass is 10.1. The second kappa shape index (κ2) is 8.21. The van der Waals surface area contributed by atoms with Crippen LogP contribution in [0.4, 0.5) is 14.5 Å². The van der Waals surface area contributed by atoms with Gasteiger partial charge in [-0.25, -0.2) is 4.68 Å². The number of hydrogen-bond donors (Lipinski definition) is 1. The first kappa shape index (κ1) is 19.5. The van der Waals surface area contributed by atoms with Crippen molar-refractivity contribution in [1.29, 1.82) is 0 Å². The van der Waals surface area contributed by atoms with Crippen molar-refractivity contribution in [1.82, 2.24) is 14.9 Å². The predicted octanol–water partition coefficient (Wildman–Crippen LogP) is 4.02. The number of alkyl halides is 2. The lowest BCUT2D eigenvalue weighted by Crippen LogP contribution is -2.12. The first-order valence-electron chi connectivity index (χ1n) is 8.02. The fourth-order valence-electron chi connectivity index (χ4n) is 2.46. The minimum absolute atomic E-state index is 0.00552. The highest BCUT2D eigenvalue weighted by Crippen LogP contribution is 2.35. The second-order valence-corrected chi connectivity index (χ2v) is 7.00. The third-order valence-electron chi connectivity index (χ3n) is 3.83. The second-order valence-electron chi connectivity index (χ2n) is 5.69. The van der Waals surface area contributed by atoms with Crippen molar-refractivity contribution < 1.29 is 18.4 Å². The van der Waals surface area contributed by atoms with Crippen LogP contribution >= 0.6 is 11.8 Å². The van der Waals surface area contributed by atoms with E-state index in [1.54, 1.807) is 24.3 Å². The molecule has 8 nitrogen and oxygen atoms in total. The summed E-state index contributed by atoms with van der Waals surface area (Å²) in [6.07, 6.45) is 0. The van der Waals surface area contributed by atoms with Gasteiger partial charge in [0.15, 0.2) is 5.82 Å². The molecule has 0 saturated carbocycles. The molecular weight excluding hydrogens is 392 g/mol. The zero-order valence-electron chi connectivity index (χ0n) is 14.5. The van der Waals surface area contributed by atoms with Gasteiger partial charge in [0.25, 0.3) is 5.69 Å². The molecule has 146 valence electrons. The highest BCUT2D eigenvalue weighted by atomic mass is 32.2. The molecule has 2 N–H and O–H groups in total. The standard InChI is InChI=1S/C17H15F2N5O3S/c1-10(12-3-2-4-13(9-12)24(25)26)28-17-22-21-15(23(17)20)11-5-7-14(8-6-11)27-16(18)19/h2-10,16H,20H2,1H3. The Labute approximate surface area is 162 Å². The van der Waals surface area contributed by atoms with Crippen molar-refractivity contribution in [2.24, 2.45) is 0 Å². The number of thioether (sulfide) groups is 1. The molecule has 1 heterocycles. The summed E-state index contributed by atoms with van der Waals surface area (Å²) in [4.78, 5) is 10.5. The topological polar surface area (TPSA) is 109 Å². The van der Waals surface area contributed by atoms with Crippen molar-refractivity contribution in [3.05, 3.63) is 64.2 Å². The Morgan fingerprint density at radius 1 is 1.21 bits per heavy atom. The maximum atomic E-state index is 12.2. The summed E-state index contributed by atoms with van der Waals surface area (Å²) in [5, 5.41) is 19.3. The number of nitrogens with two attached hydrogens (primary N) is 1. The number of halogens is 2. The molecule has 0 spiro atoms. The van der Waals surface area contributed by atoms with E-state index in [4.69, 9.17) is 5.84 Å². The first-order chi connectivity index (χ1) is 13.3. The SMILES string of the molecule is CC(Sc1nnc(-c2ccc(OC(F)F)cc2)n1N)c1cccc([N+](=O)[O-])c1. The number of nitro groups is 1. The molecule has 0 bridgehead atoms. The Balaban J connectivity index is 1.77. The highest BCUT2D eigenvalue weighted by Gasteiger charge is 2.18. The number of hydrogen-bond acceptors (Lipinski definition) is 7. The van der Waals surface area contributed by atoms with Gasteiger partial charge in [-0.1, -0.05) is 23.9 Å². The Bertz CT molecular complexity index is 981. The van der Waals surface area contributed by atoms with Gasteiger partial charge >= 0.3 is 6.61 Å². The normalized spacial score (nSPS) is 12.1. The number of ether oxygens (including phenoxy) is 1. The van der Waals surface area contributed by atoms with Gasteiger partial charge in [0.2, 0.25) is 5.16 Å². The van der Waals surface area contributed by atoms with Crippen LogP contribution in [-0.4, -0.2) is 26.4 Å². The molecule has 3 rings (SSSR count). The molecule has 3 aromatic rings. The lowest BCUT2D eigenvalue weighted by Gasteiger charge is -2.11. The van der Waals surface area contributed by atoms with Crippen molar-refractivity contribution in [3.63, 3.8) is 0 Å². The van der Waals surface area contributed by atoms with E-state index in [1.807, 2.05) is 6.92 Å². The van der Waals surface area contributed by atoms with Gasteiger partial charge in [0.1, 0.15) is 5.75 Å². The summed E-state index contributed by atoms with van der Waals surface area (Å²) in [6.45, 7) is -1.03. The average molecular weight is 407 g/mol. The summed E-state index contributed by atoms with van der Waals surface area (Å²) >= 11 is 1.29. The van der Waals surface area contributed by atoms with E-state index in [2.05, 4.69) is 14.9 Å². The van der Waals surface area contributed by atoms with Crippen molar-refractivity contribution in [2.45, 2.75) is 23.9 Å². The van der Waals surface area contributed by atoms with E-state index in [1.165, 1.54) is 40.7 Å². The van der Waals surface area contributed by atoms with E-state index >= 15 is 0 Å². The van der Waals surface area contributed by atoms with E-state index in [0.29, 0.717) is 16.5 Å². The molecule has 11 heteroatoms. The number of rotatable bonds is 7. The van der Waals surface area contributed by atoms with E-state index in [-0.39, 0.29) is 16.7 Å². The number of nitrogen functional groups attached to an aromatic ring is 1. The maximum Gasteiger partial charge on any atom is 0.387 e. The van der Waals surface area contributed by atoms with Crippen molar-refractivity contribution >= 4 is 17.4 Å². The van der Waals surface area contributed by atoms with Gasteiger partial charge in [0.05, 0.1) is 4.92 Å². The van der Waals surface area contributed by atoms with Gasteiger partial charge in [-0.2, -0.15) is 8.78 Å². The molecule has 1 atom stereocenters. The largest absolute Gasteiger partial charge is 0.435 e. The van der Waals surface area contributed by atoms with E-state index < -0.39 is 11.5 Å². The molecular formula is C17H15F2N5O3S. The molecule has 0 radical (unpaired) electrons. The average Bonchev–Trinajstić information content (AvgIpc) is 3.02. The first-order valence-corrected chi connectivity index (χ1v) is 8.90. The Morgan fingerprint density at radius 3 is 2.57 bits per heavy atom. The number of non-ortho nitro benzene ring substituents is 1. The summed E-state index contributed by atoms with van der Waals surface area (Å²) in [6, 6.07) is 12.2. The Morgan fingerprint density at radius 2 is 1.93 bits per heavy atom. The van der Waals surface area contributed by atoms with Crippen LogP contribution in [0.2, 0.25) is 0 Å². The van der Waals surface area contributed by atoms with Gasteiger partial charge in [-0.15, -0.1) is 10.2 Å². The molecule has 0 aliphatic carbocycles. The van der Waals surface area contributed by atoms with Gasteiger partial charge in [0, 0.05) is 22.9 Å². The number of nitrogens with zero attached hydrogens (tertiary/aromatic N) is 4. The van der Waals surface area contributed by atoms with Crippen molar-refractivity contribution in [3.8, 4) is 17.1 Å². The van der Waals surface area contributed by atoms with E-state index in [0.717, 1.165) is 5.56 Å². The fourth-order valence-corrected chi connectivity index (χ4v) is 3.34. The van der Waals surface area contributed by atoms with Crippen LogP contribution in [0.15, 0.2) is 53.7 Å². The molecule has 0 aliphatic rings. The summed E-state index contributed by atoms with van der Waals surface area (Å²) in [5.41, 5.74) is 1.33. The predicted molar refractivity (Wildman–Crippen MR) is 99.6 cm³/mol. The minimum Gasteiger partial charge on any atom is -0.435 e. The zero-order chi connectivity index (χ0) is 20.3. The molecule has 2 aromatic carbocycles. The summed E-state index contributed by atoms with van der Waals surface area (Å²) < 4.78 is 30.1. The number of benzene rings is 2. The highest BCUT2D eigenvalue weighted by molar-refractivity contribution is 7.99. The van der Waals surface area contributed by atoms with Crippen LogP contribution < -0.4 is 10.6 Å². The van der Waals surface area contributed by atoms with Crippen LogP contribution in [0, 0.1) is 10.1 Å². The van der Waals surface area contributed by atoms with Crippen LogP contribution in [0.25, 0.3) is 11.4 Å². The van der Waals surface area contributed by atoms with Crippen LogP contribution in [0.3, 0.4) is 0 Å². The molecule has 0 aliphatic heterocycles. The molecule has 28 heavy (non-hydrogen) atoms. The molecule has 1 aromatic heterocycles. The maximum absolute atomic E-state index is 12.2. The summed E-state index contributed by atoms with van der Waals surface area (Å²) in [5.74, 6) is 6.44. The minimum atomic E-state index is -2.90. The quantitative estimate of drug-likeness (QED) is 0.273. The zero-order valence-corrected chi connectivity index (χ0v) is 15.3. The van der Waals surface area contributed by atoms with Gasteiger partial charge in [-0.3, -0.25) is 10.1 Å². The van der Waals surface area contributed by atoms with Crippen LogP contribution in [-0.2, 0) is 0 Å². The van der Waals surface area contributed by atoms with Gasteiger partial charge < -0.3 is 10.6 Å². The van der Waals surface area contributed by atoms with Crippen molar-refractivity contribution in [2.75, 3.05) is 5.84 Å². The Hall–Kier alpha value is -3.21. The number of aromatic nitrogens is 3. The van der Waals surface area contributed by atoms with Crippen LogP contribution in [0.5, 0.6) is 5.75 Å². The monoisotopic (exact) mass is 407 g/mol. The van der Waals surface area contributed by atoms with Gasteiger partial charge in [-0.05, 0) is 36.8 Å². The molecule has 1 unspecified atom stereocenters.